The molecule has 8 nitrogen and oxygen atoms in total. The largest absolute Gasteiger partial charge is 0.497 e. The first-order valence-electron chi connectivity index (χ1n) is 9.32. The Bertz CT molecular complexity index is 997. The topological polar surface area (TPSA) is 92.4 Å². The summed E-state index contributed by atoms with van der Waals surface area (Å²) in [5.74, 6) is 1.20. The van der Waals surface area contributed by atoms with E-state index in [0.29, 0.717) is 23.5 Å². The minimum absolute atomic E-state index is 0.210. The molecule has 0 amide bonds. The quantitative estimate of drug-likeness (QED) is 0.672. The Morgan fingerprint density at radius 1 is 1.21 bits per heavy atom. The molecule has 0 radical (unpaired) electrons. The summed E-state index contributed by atoms with van der Waals surface area (Å²) in [5.41, 5.74) is 1.92. The van der Waals surface area contributed by atoms with Crippen molar-refractivity contribution in [3.05, 3.63) is 46.9 Å². The van der Waals surface area contributed by atoms with Crippen LogP contribution in [-0.2, 0) is 4.74 Å². The van der Waals surface area contributed by atoms with Crippen molar-refractivity contribution >= 4 is 17.0 Å². The summed E-state index contributed by atoms with van der Waals surface area (Å²) in [6, 6.07) is 9.39. The Hall–Kier alpha value is -2.97. The normalized spacial score (nSPS) is 14.9. The molecule has 146 valence electrons. The van der Waals surface area contributed by atoms with Crippen LogP contribution < -0.4 is 15.6 Å². The second-order valence-electron chi connectivity index (χ2n) is 6.58. The van der Waals surface area contributed by atoms with Crippen molar-refractivity contribution in [1.29, 1.82) is 0 Å². The van der Waals surface area contributed by atoms with Crippen LogP contribution in [0.15, 0.2) is 41.3 Å². The van der Waals surface area contributed by atoms with Crippen molar-refractivity contribution in [2.75, 3.05) is 51.8 Å². The van der Waals surface area contributed by atoms with E-state index in [0.717, 1.165) is 49.7 Å². The number of nitrogens with zero attached hydrogens (tertiary/aromatic N) is 3. The third-order valence-corrected chi connectivity index (χ3v) is 4.83. The third-order valence-electron chi connectivity index (χ3n) is 4.83. The molecule has 28 heavy (non-hydrogen) atoms. The number of anilines is 1. The summed E-state index contributed by atoms with van der Waals surface area (Å²) in [5, 5.41) is 3.67. The molecular weight excluding hydrogens is 358 g/mol. The fourth-order valence-corrected chi connectivity index (χ4v) is 3.32. The van der Waals surface area contributed by atoms with Crippen LogP contribution in [0.1, 0.15) is 0 Å². The highest BCUT2D eigenvalue weighted by molar-refractivity contribution is 5.92. The molecular formula is C20H23N5O3. The highest BCUT2D eigenvalue weighted by atomic mass is 16.5. The average Bonchev–Trinajstić information content (AvgIpc) is 2.74. The van der Waals surface area contributed by atoms with Crippen LogP contribution in [0.2, 0.25) is 0 Å². The molecule has 1 fully saturated rings. The third kappa shape index (κ3) is 3.97. The average molecular weight is 381 g/mol. The van der Waals surface area contributed by atoms with Gasteiger partial charge in [-0.3, -0.25) is 14.7 Å². The monoisotopic (exact) mass is 381 g/mol. The molecule has 2 N–H and O–H groups in total. The SMILES string of the molecule is COc1ccc(-c2ccnc3nc(NCCN4CCOCC4)[nH]c(=O)c23)cc1. The van der Waals surface area contributed by atoms with Crippen molar-refractivity contribution < 1.29 is 9.47 Å². The maximum atomic E-state index is 12.8. The van der Waals surface area contributed by atoms with Gasteiger partial charge in [-0.2, -0.15) is 4.98 Å². The Kier molecular flexibility index (Phi) is 5.50. The van der Waals surface area contributed by atoms with E-state index in [4.69, 9.17) is 9.47 Å². The number of aromatic nitrogens is 3. The summed E-state index contributed by atoms with van der Waals surface area (Å²) < 4.78 is 10.6. The molecule has 1 aliphatic rings. The summed E-state index contributed by atoms with van der Waals surface area (Å²) in [4.78, 5) is 26.7. The number of benzene rings is 1. The lowest BCUT2D eigenvalue weighted by atomic mass is 10.0. The van der Waals surface area contributed by atoms with Gasteiger partial charge in [0.2, 0.25) is 5.95 Å². The van der Waals surface area contributed by atoms with Crippen molar-refractivity contribution in [2.24, 2.45) is 0 Å². The molecule has 1 aliphatic heterocycles. The van der Waals surface area contributed by atoms with Gasteiger partial charge in [-0.25, -0.2) is 4.98 Å². The lowest BCUT2D eigenvalue weighted by molar-refractivity contribution is 0.0398. The second kappa shape index (κ2) is 8.37. The molecule has 0 aliphatic carbocycles. The lowest BCUT2D eigenvalue weighted by Gasteiger charge is -2.26. The number of rotatable bonds is 6. The van der Waals surface area contributed by atoms with Crippen molar-refractivity contribution in [3.8, 4) is 16.9 Å². The van der Waals surface area contributed by atoms with Crippen LogP contribution in [0.3, 0.4) is 0 Å². The second-order valence-corrected chi connectivity index (χ2v) is 6.58. The Morgan fingerprint density at radius 2 is 2.00 bits per heavy atom. The number of hydrogen-bond donors (Lipinski definition) is 2. The predicted octanol–water partition coefficient (Wildman–Crippen LogP) is 1.74. The van der Waals surface area contributed by atoms with Crippen LogP contribution in [0.25, 0.3) is 22.2 Å². The van der Waals surface area contributed by atoms with Crippen molar-refractivity contribution in [2.45, 2.75) is 0 Å². The van der Waals surface area contributed by atoms with E-state index < -0.39 is 0 Å². The standard InChI is InChI=1S/C20H23N5O3/c1-27-15-4-2-14(3-5-15)16-6-7-21-18-17(16)19(26)24-20(23-18)22-8-9-25-10-12-28-13-11-25/h2-7H,8-13H2,1H3,(H2,21,22,23,24,26). The van der Waals surface area contributed by atoms with E-state index in [9.17, 15) is 4.79 Å². The zero-order chi connectivity index (χ0) is 19.3. The first kappa shape index (κ1) is 18.4. The fraction of sp³-hybridized carbons (Fsp3) is 0.350. The molecule has 0 bridgehead atoms. The highest BCUT2D eigenvalue weighted by Gasteiger charge is 2.13. The van der Waals surface area contributed by atoms with Crippen LogP contribution in [-0.4, -0.2) is 66.4 Å². The van der Waals surface area contributed by atoms with Gasteiger partial charge in [0.15, 0.2) is 5.65 Å². The van der Waals surface area contributed by atoms with E-state index in [1.807, 2.05) is 30.3 Å². The minimum atomic E-state index is -0.210. The molecule has 1 saturated heterocycles. The molecule has 0 unspecified atom stereocenters. The van der Waals surface area contributed by atoms with E-state index >= 15 is 0 Å². The zero-order valence-corrected chi connectivity index (χ0v) is 15.8. The number of H-pyrrole nitrogens is 1. The summed E-state index contributed by atoms with van der Waals surface area (Å²) in [7, 11) is 1.62. The summed E-state index contributed by atoms with van der Waals surface area (Å²) in [6.45, 7) is 4.94. The molecule has 3 aromatic rings. The van der Waals surface area contributed by atoms with E-state index in [1.54, 1.807) is 13.3 Å². The predicted molar refractivity (Wildman–Crippen MR) is 108 cm³/mol. The summed E-state index contributed by atoms with van der Waals surface area (Å²) in [6.07, 6.45) is 1.67. The van der Waals surface area contributed by atoms with Gasteiger partial charge in [-0.15, -0.1) is 0 Å². The molecule has 8 heteroatoms. The smallest absolute Gasteiger partial charge is 0.262 e. The lowest BCUT2D eigenvalue weighted by Crippen LogP contribution is -2.39. The molecule has 0 spiro atoms. The van der Waals surface area contributed by atoms with Gasteiger partial charge in [0.05, 0.1) is 25.7 Å². The molecule has 0 atom stereocenters. The summed E-state index contributed by atoms with van der Waals surface area (Å²) >= 11 is 0. The van der Waals surface area contributed by atoms with Crippen LogP contribution in [0, 0.1) is 0 Å². The maximum absolute atomic E-state index is 12.8. The number of ether oxygens (including phenoxy) is 2. The number of pyridine rings is 1. The number of aromatic amines is 1. The van der Waals surface area contributed by atoms with Gasteiger partial charge in [0.1, 0.15) is 5.75 Å². The van der Waals surface area contributed by atoms with Crippen LogP contribution in [0.5, 0.6) is 5.75 Å². The molecule has 1 aromatic carbocycles. The zero-order valence-electron chi connectivity index (χ0n) is 15.8. The van der Waals surface area contributed by atoms with Crippen molar-refractivity contribution in [3.63, 3.8) is 0 Å². The number of nitrogens with one attached hydrogen (secondary N) is 2. The fourth-order valence-electron chi connectivity index (χ4n) is 3.32. The number of morpholine rings is 1. The van der Waals surface area contributed by atoms with Gasteiger partial charge in [0.25, 0.3) is 5.56 Å². The molecule has 3 heterocycles. The van der Waals surface area contributed by atoms with E-state index in [-0.39, 0.29) is 5.56 Å². The van der Waals surface area contributed by atoms with Gasteiger partial charge >= 0.3 is 0 Å². The Morgan fingerprint density at radius 3 is 2.75 bits per heavy atom. The minimum Gasteiger partial charge on any atom is -0.497 e. The molecule has 4 rings (SSSR count). The van der Waals surface area contributed by atoms with Crippen molar-refractivity contribution in [1.82, 2.24) is 19.9 Å². The highest BCUT2D eigenvalue weighted by Crippen LogP contribution is 2.26. The first-order chi connectivity index (χ1) is 13.7. The number of methoxy groups -OCH3 is 1. The Balaban J connectivity index is 1.56. The van der Waals surface area contributed by atoms with Gasteiger partial charge < -0.3 is 14.8 Å². The number of hydrogen-bond acceptors (Lipinski definition) is 7. The number of fused-ring (bicyclic) bond motifs is 1. The van der Waals surface area contributed by atoms with Gasteiger partial charge in [-0.1, -0.05) is 12.1 Å². The van der Waals surface area contributed by atoms with Gasteiger partial charge in [0, 0.05) is 32.4 Å². The Labute approximate surface area is 162 Å². The first-order valence-corrected chi connectivity index (χ1v) is 9.32. The molecule has 2 aromatic heterocycles. The van der Waals surface area contributed by atoms with E-state index in [1.165, 1.54) is 0 Å². The van der Waals surface area contributed by atoms with Crippen LogP contribution >= 0.6 is 0 Å². The van der Waals surface area contributed by atoms with Crippen LogP contribution in [0.4, 0.5) is 5.95 Å². The molecule has 0 saturated carbocycles. The van der Waals surface area contributed by atoms with Gasteiger partial charge in [-0.05, 0) is 29.3 Å². The maximum Gasteiger partial charge on any atom is 0.262 e. The van der Waals surface area contributed by atoms with E-state index in [2.05, 4.69) is 25.2 Å².